The summed E-state index contributed by atoms with van der Waals surface area (Å²) in [7, 11) is 1.26. The fourth-order valence-corrected chi connectivity index (χ4v) is 2.59. The van der Waals surface area contributed by atoms with E-state index in [0.29, 0.717) is 11.5 Å². The number of esters is 2. The molecule has 0 N–H and O–H groups in total. The first-order valence-corrected chi connectivity index (χ1v) is 8.16. The molecule has 136 valence electrons. The van der Waals surface area contributed by atoms with Gasteiger partial charge in [-0.3, -0.25) is 9.48 Å². The number of ether oxygens (including phenoxy) is 2. The third-order valence-corrected chi connectivity index (χ3v) is 3.90. The Hall–Kier alpha value is -2.57. The van der Waals surface area contributed by atoms with Gasteiger partial charge >= 0.3 is 11.9 Å². The highest BCUT2D eigenvalue weighted by molar-refractivity contribution is 5.87. The van der Waals surface area contributed by atoms with E-state index in [4.69, 9.17) is 9.15 Å². The van der Waals surface area contributed by atoms with Gasteiger partial charge in [-0.25, -0.2) is 4.79 Å². The molecule has 0 unspecified atom stereocenters. The predicted octanol–water partition coefficient (Wildman–Crippen LogP) is 2.82. The van der Waals surface area contributed by atoms with Crippen molar-refractivity contribution in [3.05, 3.63) is 40.6 Å². The number of hydrogen-bond acceptors (Lipinski definition) is 6. The quantitative estimate of drug-likeness (QED) is 0.716. The molecule has 0 atom stereocenters. The first-order valence-electron chi connectivity index (χ1n) is 8.16. The van der Waals surface area contributed by atoms with Gasteiger partial charge in [-0.2, -0.15) is 5.10 Å². The molecule has 0 saturated carbocycles. The first kappa shape index (κ1) is 18.8. The third kappa shape index (κ3) is 4.49. The van der Waals surface area contributed by atoms with Gasteiger partial charge in [0.15, 0.2) is 0 Å². The van der Waals surface area contributed by atoms with Gasteiger partial charge in [0, 0.05) is 23.4 Å². The molecule has 7 heteroatoms. The van der Waals surface area contributed by atoms with Crippen molar-refractivity contribution < 1.29 is 23.5 Å². The van der Waals surface area contributed by atoms with E-state index in [1.54, 1.807) is 6.07 Å². The Morgan fingerprint density at radius 1 is 1.32 bits per heavy atom. The molecule has 25 heavy (non-hydrogen) atoms. The van der Waals surface area contributed by atoms with E-state index < -0.39 is 5.97 Å². The Kier molecular flexibility index (Phi) is 6.01. The van der Waals surface area contributed by atoms with Gasteiger partial charge in [0.05, 0.1) is 25.5 Å². The molecule has 0 aliphatic rings. The monoisotopic (exact) mass is 348 g/mol. The number of furan rings is 1. The smallest absolute Gasteiger partial charge is 0.374 e. The lowest BCUT2D eigenvalue weighted by Gasteiger charge is -2.08. The minimum Gasteiger partial charge on any atom is -0.463 e. The van der Waals surface area contributed by atoms with Crippen molar-refractivity contribution in [3.8, 4) is 0 Å². The molecule has 0 aromatic carbocycles. The molecule has 0 amide bonds. The normalized spacial score (nSPS) is 11.0. The highest BCUT2D eigenvalue weighted by Gasteiger charge is 2.19. The maximum Gasteiger partial charge on any atom is 0.374 e. The van der Waals surface area contributed by atoms with Crippen molar-refractivity contribution in [1.82, 2.24) is 9.78 Å². The summed E-state index contributed by atoms with van der Waals surface area (Å²) < 4.78 is 16.9. The van der Waals surface area contributed by atoms with E-state index in [-0.39, 0.29) is 24.8 Å². The van der Waals surface area contributed by atoms with Crippen molar-refractivity contribution in [2.24, 2.45) is 5.92 Å². The Bertz CT molecular complexity index is 758. The van der Waals surface area contributed by atoms with Crippen molar-refractivity contribution in [2.45, 2.75) is 47.3 Å². The fourth-order valence-electron chi connectivity index (χ4n) is 2.59. The Morgan fingerprint density at radius 3 is 2.68 bits per heavy atom. The Labute approximate surface area is 146 Å². The summed E-state index contributed by atoms with van der Waals surface area (Å²) in [6.07, 6.45) is 1.50. The summed E-state index contributed by atoms with van der Waals surface area (Å²) >= 11 is 0. The number of nitrogens with zero attached hydrogens (tertiary/aromatic N) is 2. The highest BCUT2D eigenvalue weighted by Crippen LogP contribution is 2.17. The zero-order chi connectivity index (χ0) is 18.6. The second-order valence-corrected chi connectivity index (χ2v) is 6.33. The molecule has 0 aliphatic heterocycles. The summed E-state index contributed by atoms with van der Waals surface area (Å²) in [5.41, 5.74) is 3.16. The van der Waals surface area contributed by atoms with Crippen LogP contribution in [-0.4, -0.2) is 28.8 Å². The molecule has 0 aliphatic carbocycles. The van der Waals surface area contributed by atoms with E-state index in [9.17, 15) is 9.59 Å². The van der Waals surface area contributed by atoms with Crippen LogP contribution in [-0.2, 0) is 33.8 Å². The van der Waals surface area contributed by atoms with E-state index in [1.807, 2.05) is 18.5 Å². The summed E-state index contributed by atoms with van der Waals surface area (Å²) in [6.45, 7) is 8.84. The lowest BCUT2D eigenvalue weighted by Crippen LogP contribution is -2.12. The fraction of sp³-hybridized carbons (Fsp3) is 0.500. The minimum absolute atomic E-state index is 0.0437. The van der Waals surface area contributed by atoms with Gasteiger partial charge in [-0.1, -0.05) is 13.8 Å². The zero-order valence-electron chi connectivity index (χ0n) is 15.3. The van der Waals surface area contributed by atoms with Gasteiger partial charge in [-0.05, 0) is 25.8 Å². The molecule has 0 radical (unpaired) electrons. The summed E-state index contributed by atoms with van der Waals surface area (Å²) in [5, 5.41) is 4.49. The maximum atomic E-state index is 12.2. The first-order chi connectivity index (χ1) is 11.8. The average Bonchev–Trinajstić information content (AvgIpc) is 3.12. The van der Waals surface area contributed by atoms with Gasteiger partial charge in [0.25, 0.3) is 0 Å². The van der Waals surface area contributed by atoms with Gasteiger partial charge in [0.1, 0.15) is 6.61 Å². The molecule has 2 rings (SSSR count). The second-order valence-electron chi connectivity index (χ2n) is 6.33. The van der Waals surface area contributed by atoms with Crippen LogP contribution in [0.4, 0.5) is 0 Å². The molecule has 2 heterocycles. The molecule has 2 aromatic rings. The van der Waals surface area contributed by atoms with E-state index >= 15 is 0 Å². The number of rotatable bonds is 7. The van der Waals surface area contributed by atoms with E-state index in [1.165, 1.54) is 13.4 Å². The topological polar surface area (TPSA) is 83.6 Å². The number of aryl methyl sites for hydroxylation is 1. The van der Waals surface area contributed by atoms with Crippen LogP contribution in [0.25, 0.3) is 0 Å². The number of carbonyl (C=O) groups excluding carboxylic acids is 2. The van der Waals surface area contributed by atoms with Gasteiger partial charge < -0.3 is 13.9 Å². The lowest BCUT2D eigenvalue weighted by molar-refractivity contribution is -0.144. The van der Waals surface area contributed by atoms with Crippen LogP contribution in [0.1, 0.15) is 46.9 Å². The van der Waals surface area contributed by atoms with Crippen molar-refractivity contribution in [2.75, 3.05) is 7.11 Å². The number of methoxy groups -OCH3 is 1. The van der Waals surface area contributed by atoms with Crippen LogP contribution in [0, 0.1) is 19.8 Å². The van der Waals surface area contributed by atoms with Crippen LogP contribution >= 0.6 is 0 Å². The van der Waals surface area contributed by atoms with Gasteiger partial charge in [0.2, 0.25) is 5.76 Å². The maximum absolute atomic E-state index is 12.2. The van der Waals surface area contributed by atoms with Crippen LogP contribution in [0.2, 0.25) is 0 Å². The van der Waals surface area contributed by atoms with Crippen molar-refractivity contribution in [3.63, 3.8) is 0 Å². The molecule has 0 spiro atoms. The molecule has 0 saturated heterocycles. The van der Waals surface area contributed by atoms with Crippen molar-refractivity contribution in [1.29, 1.82) is 0 Å². The summed E-state index contributed by atoms with van der Waals surface area (Å²) in [5.74, 6) is -0.465. The minimum atomic E-state index is -0.599. The third-order valence-electron chi connectivity index (χ3n) is 3.90. The second kappa shape index (κ2) is 8.00. The molecular weight excluding hydrogens is 324 g/mol. The number of aromatic nitrogens is 2. The van der Waals surface area contributed by atoms with Crippen LogP contribution in [0.5, 0.6) is 0 Å². The SMILES string of the molecule is COC(=O)c1occc1COC(=O)Cc1c(C)nn(CC(C)C)c1C. The van der Waals surface area contributed by atoms with Crippen LogP contribution in [0.15, 0.2) is 16.7 Å². The molecular formula is C18H24N2O5. The molecule has 2 aromatic heterocycles. The predicted molar refractivity (Wildman–Crippen MR) is 90.1 cm³/mol. The largest absolute Gasteiger partial charge is 0.463 e. The Morgan fingerprint density at radius 2 is 2.04 bits per heavy atom. The van der Waals surface area contributed by atoms with Crippen molar-refractivity contribution >= 4 is 11.9 Å². The number of carbonyl (C=O) groups is 2. The lowest BCUT2D eigenvalue weighted by atomic mass is 10.1. The Balaban J connectivity index is 2.01. The molecule has 7 nitrogen and oxygen atoms in total. The summed E-state index contributed by atoms with van der Waals surface area (Å²) in [4.78, 5) is 23.7. The average molecular weight is 348 g/mol. The van der Waals surface area contributed by atoms with E-state index in [0.717, 1.165) is 23.5 Å². The molecule has 0 fully saturated rings. The van der Waals surface area contributed by atoms with E-state index in [2.05, 4.69) is 23.7 Å². The highest BCUT2D eigenvalue weighted by atomic mass is 16.5. The number of hydrogen-bond donors (Lipinski definition) is 0. The summed E-state index contributed by atoms with van der Waals surface area (Å²) in [6, 6.07) is 1.58. The standard InChI is InChI=1S/C18H24N2O5/c1-11(2)9-20-13(4)15(12(3)19-20)8-16(21)25-10-14-6-7-24-17(14)18(22)23-5/h6-7,11H,8-10H2,1-5H3. The van der Waals surface area contributed by atoms with Crippen LogP contribution in [0.3, 0.4) is 0 Å². The van der Waals surface area contributed by atoms with Crippen LogP contribution < -0.4 is 0 Å². The molecule has 0 bridgehead atoms. The van der Waals surface area contributed by atoms with Gasteiger partial charge in [-0.15, -0.1) is 0 Å². The zero-order valence-corrected chi connectivity index (χ0v) is 15.3.